The van der Waals surface area contributed by atoms with E-state index in [1.54, 1.807) is 4.68 Å². The lowest BCUT2D eigenvalue weighted by Gasteiger charge is -2.09. The summed E-state index contributed by atoms with van der Waals surface area (Å²) in [5, 5.41) is 12.1. The van der Waals surface area contributed by atoms with Crippen molar-refractivity contribution in [2.24, 2.45) is 0 Å². The van der Waals surface area contributed by atoms with Gasteiger partial charge in [-0.2, -0.15) is 0 Å². The Balaban J connectivity index is 1.66. The van der Waals surface area contributed by atoms with Gasteiger partial charge in [0.25, 0.3) is 5.91 Å². The second-order valence-electron chi connectivity index (χ2n) is 7.32. The highest BCUT2D eigenvalue weighted by Crippen LogP contribution is 2.25. The number of hydrogen-bond donors (Lipinski definition) is 1. The summed E-state index contributed by atoms with van der Waals surface area (Å²) in [6.45, 7) is 5.87. The fourth-order valence-corrected chi connectivity index (χ4v) is 4.32. The third-order valence-electron chi connectivity index (χ3n) is 4.66. The van der Waals surface area contributed by atoms with Crippen LogP contribution in [0.2, 0.25) is 0 Å². The van der Waals surface area contributed by atoms with E-state index in [1.165, 1.54) is 11.8 Å². The molecule has 162 valence electrons. The zero-order valence-corrected chi connectivity index (χ0v) is 20.2. The third-order valence-corrected chi connectivity index (χ3v) is 6.05. The number of rotatable bonds is 6. The predicted molar refractivity (Wildman–Crippen MR) is 129 cm³/mol. The van der Waals surface area contributed by atoms with Crippen molar-refractivity contribution < 1.29 is 4.79 Å². The fraction of sp³-hybridized carbons (Fsp3) is 0.174. The van der Waals surface area contributed by atoms with Gasteiger partial charge in [-0.3, -0.25) is 4.79 Å². The number of aromatic nitrogens is 5. The molecule has 0 atom stereocenters. The highest BCUT2D eigenvalue weighted by atomic mass is 79.9. The molecule has 1 N–H and O–H groups in total. The summed E-state index contributed by atoms with van der Waals surface area (Å²) in [7, 11) is 0. The van der Waals surface area contributed by atoms with E-state index >= 15 is 0 Å². The molecule has 1 amide bonds. The van der Waals surface area contributed by atoms with Crippen LogP contribution < -0.4 is 5.32 Å². The van der Waals surface area contributed by atoms with Gasteiger partial charge in [-0.25, -0.2) is 14.6 Å². The average molecular weight is 509 g/mol. The van der Waals surface area contributed by atoms with Crippen LogP contribution in [0.25, 0.3) is 5.69 Å². The van der Waals surface area contributed by atoms with Crippen LogP contribution in [0.4, 0.5) is 5.69 Å². The van der Waals surface area contributed by atoms with Crippen molar-refractivity contribution in [3.8, 4) is 5.69 Å². The van der Waals surface area contributed by atoms with Gasteiger partial charge in [-0.1, -0.05) is 50.6 Å². The molecule has 2 aromatic heterocycles. The van der Waals surface area contributed by atoms with Crippen molar-refractivity contribution >= 4 is 39.3 Å². The van der Waals surface area contributed by atoms with E-state index < -0.39 is 0 Å². The molecule has 32 heavy (non-hydrogen) atoms. The lowest BCUT2D eigenvalue weighted by atomic mass is 10.2. The number of anilines is 1. The first-order valence-corrected chi connectivity index (χ1v) is 11.7. The van der Waals surface area contributed by atoms with E-state index in [-0.39, 0.29) is 11.6 Å². The van der Waals surface area contributed by atoms with Crippen LogP contribution in [-0.4, -0.2) is 30.9 Å². The Kier molecular flexibility index (Phi) is 6.66. The second kappa shape index (κ2) is 9.62. The highest BCUT2D eigenvalue weighted by Gasteiger charge is 2.21. The number of carbonyl (C=O) groups excluding carboxylic acids is 1. The van der Waals surface area contributed by atoms with Crippen molar-refractivity contribution in [2.75, 3.05) is 5.32 Å². The number of amides is 1. The van der Waals surface area contributed by atoms with Gasteiger partial charge >= 0.3 is 0 Å². The zero-order valence-electron chi connectivity index (χ0n) is 17.8. The van der Waals surface area contributed by atoms with E-state index in [0.29, 0.717) is 22.3 Å². The first-order valence-electron chi connectivity index (χ1n) is 9.92. The van der Waals surface area contributed by atoms with Gasteiger partial charge in [0, 0.05) is 27.3 Å². The number of nitrogens with one attached hydrogen (secondary N) is 1. The summed E-state index contributed by atoms with van der Waals surface area (Å²) in [6.07, 6.45) is 0. The minimum Gasteiger partial charge on any atom is -0.321 e. The minimum absolute atomic E-state index is 0.269. The minimum atomic E-state index is -0.311. The van der Waals surface area contributed by atoms with Crippen molar-refractivity contribution in [1.82, 2.24) is 25.0 Å². The maximum absolute atomic E-state index is 13.1. The molecule has 0 saturated carbocycles. The molecule has 7 nitrogen and oxygen atoms in total. The van der Waals surface area contributed by atoms with Crippen molar-refractivity contribution in [1.29, 1.82) is 0 Å². The third kappa shape index (κ3) is 5.23. The largest absolute Gasteiger partial charge is 0.321 e. The molecule has 0 aliphatic heterocycles. The first-order chi connectivity index (χ1) is 15.4. The Hall–Kier alpha value is -3.04. The molecular weight excluding hydrogens is 488 g/mol. The van der Waals surface area contributed by atoms with E-state index in [0.717, 1.165) is 27.1 Å². The molecule has 0 aliphatic rings. The molecule has 0 radical (unpaired) electrons. The SMILES string of the molecule is Cc1ccc(NC(=O)c2nnn(-c3ccc(Br)cc3)c2CSc2nc(C)cc(C)n2)cc1. The molecule has 4 rings (SSSR count). The highest BCUT2D eigenvalue weighted by molar-refractivity contribution is 9.10. The van der Waals surface area contributed by atoms with Crippen LogP contribution in [0.1, 0.15) is 33.1 Å². The molecule has 0 saturated heterocycles. The van der Waals surface area contributed by atoms with Crippen LogP contribution in [0, 0.1) is 20.8 Å². The van der Waals surface area contributed by atoms with E-state index in [4.69, 9.17) is 0 Å². The monoisotopic (exact) mass is 508 g/mol. The molecule has 0 unspecified atom stereocenters. The van der Waals surface area contributed by atoms with Gasteiger partial charge in [0.05, 0.1) is 11.4 Å². The molecule has 2 heterocycles. The van der Waals surface area contributed by atoms with Gasteiger partial charge in [0.1, 0.15) is 0 Å². The zero-order chi connectivity index (χ0) is 22.7. The van der Waals surface area contributed by atoms with Gasteiger partial charge in [-0.05, 0) is 63.2 Å². The summed E-state index contributed by atoms with van der Waals surface area (Å²) < 4.78 is 2.64. The quantitative estimate of drug-likeness (QED) is 0.281. The Morgan fingerprint density at radius 3 is 2.31 bits per heavy atom. The molecule has 9 heteroatoms. The van der Waals surface area contributed by atoms with Crippen LogP contribution in [-0.2, 0) is 5.75 Å². The maximum Gasteiger partial charge on any atom is 0.278 e. The van der Waals surface area contributed by atoms with Gasteiger partial charge in [0.15, 0.2) is 10.9 Å². The number of thioether (sulfide) groups is 1. The van der Waals surface area contributed by atoms with Crippen molar-refractivity contribution in [3.05, 3.63) is 87.4 Å². The first kappa shape index (κ1) is 22.2. The standard InChI is InChI=1S/C23H21BrN6OS/c1-14-4-8-18(9-5-14)27-22(31)21-20(13-32-23-25-15(2)12-16(3)26-23)30(29-28-21)19-10-6-17(24)7-11-19/h4-12H,13H2,1-3H3,(H,27,31). The number of hydrogen-bond acceptors (Lipinski definition) is 6. The van der Waals surface area contributed by atoms with E-state index in [9.17, 15) is 4.79 Å². The Labute approximate surface area is 198 Å². The smallest absolute Gasteiger partial charge is 0.278 e. The Bertz CT molecular complexity index is 1230. The topological polar surface area (TPSA) is 85.6 Å². The Morgan fingerprint density at radius 2 is 1.66 bits per heavy atom. The molecule has 0 aliphatic carbocycles. The summed E-state index contributed by atoms with van der Waals surface area (Å²) in [5.74, 6) is 0.122. The number of carbonyl (C=O) groups is 1. The molecule has 0 fully saturated rings. The van der Waals surface area contributed by atoms with Gasteiger partial charge < -0.3 is 5.32 Å². The molecule has 2 aromatic carbocycles. The number of benzene rings is 2. The van der Waals surface area contributed by atoms with Crippen LogP contribution in [0.5, 0.6) is 0 Å². The number of halogens is 1. The molecule has 0 spiro atoms. The second-order valence-corrected chi connectivity index (χ2v) is 9.17. The van der Waals surface area contributed by atoms with Crippen LogP contribution >= 0.6 is 27.7 Å². The number of aryl methyl sites for hydroxylation is 3. The lowest BCUT2D eigenvalue weighted by molar-refractivity contribution is 0.102. The summed E-state index contributed by atoms with van der Waals surface area (Å²) >= 11 is 4.90. The molecule has 4 aromatic rings. The average Bonchev–Trinajstić information content (AvgIpc) is 3.18. The van der Waals surface area contributed by atoms with Crippen molar-refractivity contribution in [2.45, 2.75) is 31.7 Å². The van der Waals surface area contributed by atoms with E-state index in [2.05, 4.69) is 41.5 Å². The van der Waals surface area contributed by atoms with Crippen LogP contribution in [0.15, 0.2) is 64.2 Å². The van der Waals surface area contributed by atoms with Gasteiger partial charge in [-0.15, -0.1) is 5.10 Å². The van der Waals surface area contributed by atoms with Gasteiger partial charge in [0.2, 0.25) is 0 Å². The summed E-state index contributed by atoms with van der Waals surface area (Å²) in [5.41, 5.74) is 5.38. The van der Waals surface area contributed by atoms with E-state index in [1.807, 2.05) is 75.4 Å². The summed E-state index contributed by atoms with van der Waals surface area (Å²) in [4.78, 5) is 22.0. The molecular formula is C23H21BrN6OS. The van der Waals surface area contributed by atoms with Crippen molar-refractivity contribution in [3.63, 3.8) is 0 Å². The number of nitrogens with zero attached hydrogens (tertiary/aromatic N) is 5. The lowest BCUT2D eigenvalue weighted by Crippen LogP contribution is -2.15. The maximum atomic E-state index is 13.1. The van der Waals surface area contributed by atoms with Crippen LogP contribution in [0.3, 0.4) is 0 Å². The normalized spacial score (nSPS) is 10.9. The fourth-order valence-electron chi connectivity index (χ4n) is 3.12. The predicted octanol–water partition coefficient (Wildman–Crippen LogP) is 5.29. The molecule has 0 bridgehead atoms. The summed E-state index contributed by atoms with van der Waals surface area (Å²) in [6, 6.07) is 17.2. The Morgan fingerprint density at radius 1 is 1.00 bits per heavy atom.